The molecule has 1 aliphatic rings. The highest BCUT2D eigenvalue weighted by molar-refractivity contribution is 5.77. The molecule has 0 N–H and O–H groups in total. The summed E-state index contributed by atoms with van der Waals surface area (Å²) in [6.07, 6.45) is 2.07. The van der Waals surface area contributed by atoms with Crippen LogP contribution in [0.2, 0.25) is 0 Å². The molecular formula is C13H21N3O3. The maximum atomic E-state index is 12.0. The zero-order valence-corrected chi connectivity index (χ0v) is 11.8. The molecule has 1 aromatic rings. The number of rotatable bonds is 5. The van der Waals surface area contributed by atoms with Crippen LogP contribution >= 0.6 is 0 Å². The summed E-state index contributed by atoms with van der Waals surface area (Å²) in [6.45, 7) is 4.82. The molecule has 106 valence electrons. The number of ether oxygens (including phenoxy) is 2. The molecule has 0 aromatic carbocycles. The molecule has 0 unspecified atom stereocenters. The van der Waals surface area contributed by atoms with Gasteiger partial charge in [0, 0.05) is 45.0 Å². The fourth-order valence-corrected chi connectivity index (χ4v) is 2.46. The van der Waals surface area contributed by atoms with Gasteiger partial charge in [-0.15, -0.1) is 0 Å². The molecule has 0 fully saturated rings. The van der Waals surface area contributed by atoms with E-state index in [1.807, 2.05) is 4.68 Å². The fraction of sp³-hybridized carbons (Fsp3) is 0.692. The first-order valence-corrected chi connectivity index (χ1v) is 6.51. The number of methoxy groups -OCH3 is 2. The Morgan fingerprint density at radius 1 is 1.47 bits per heavy atom. The highest BCUT2D eigenvalue weighted by Crippen LogP contribution is 2.27. The molecule has 1 atom stereocenters. The van der Waals surface area contributed by atoms with Crippen LogP contribution in [0.5, 0.6) is 0 Å². The van der Waals surface area contributed by atoms with Crippen LogP contribution in [0, 0.1) is 0 Å². The van der Waals surface area contributed by atoms with Crippen molar-refractivity contribution in [1.29, 1.82) is 0 Å². The lowest BCUT2D eigenvalue weighted by atomic mass is 9.95. The summed E-state index contributed by atoms with van der Waals surface area (Å²) in [5.74, 6) is 0.190. The van der Waals surface area contributed by atoms with Crippen molar-refractivity contribution in [3.63, 3.8) is 0 Å². The normalized spacial score (nSPS) is 18.5. The second-order valence-electron chi connectivity index (χ2n) is 4.75. The van der Waals surface area contributed by atoms with Gasteiger partial charge < -0.3 is 14.4 Å². The zero-order valence-electron chi connectivity index (χ0n) is 11.8. The number of amides is 1. The Bertz CT molecular complexity index is 444. The molecule has 0 saturated heterocycles. The van der Waals surface area contributed by atoms with E-state index in [4.69, 9.17) is 9.47 Å². The second-order valence-corrected chi connectivity index (χ2v) is 4.75. The first kappa shape index (κ1) is 14.0. The van der Waals surface area contributed by atoms with Gasteiger partial charge in [0.2, 0.25) is 5.91 Å². The van der Waals surface area contributed by atoms with E-state index in [9.17, 15) is 4.79 Å². The summed E-state index contributed by atoms with van der Waals surface area (Å²) in [5, 5.41) is 4.52. The number of fused-ring (bicyclic) bond motifs is 1. The molecule has 6 heteroatoms. The number of hydrogen-bond donors (Lipinski definition) is 0. The number of nitrogens with zero attached hydrogens (tertiary/aromatic N) is 3. The van der Waals surface area contributed by atoms with E-state index < -0.39 is 0 Å². The van der Waals surface area contributed by atoms with Crippen molar-refractivity contribution in [3.05, 3.63) is 17.5 Å². The molecule has 0 bridgehead atoms. The standard InChI is InChI=1S/C13H21N3O3/c1-4-16-6-11-10(8-18-2)5-15(7-12(11)14-16)13(17)9-19-3/h6,10H,4-5,7-9H2,1-3H3/t10-/m0/s1. The summed E-state index contributed by atoms with van der Waals surface area (Å²) in [5.41, 5.74) is 2.17. The van der Waals surface area contributed by atoms with Gasteiger partial charge in [-0.2, -0.15) is 5.10 Å². The van der Waals surface area contributed by atoms with Gasteiger partial charge in [0.1, 0.15) is 6.61 Å². The van der Waals surface area contributed by atoms with Crippen molar-refractivity contribution < 1.29 is 14.3 Å². The van der Waals surface area contributed by atoms with Crippen molar-refractivity contribution in [1.82, 2.24) is 14.7 Å². The van der Waals surface area contributed by atoms with Crippen molar-refractivity contribution in [2.45, 2.75) is 25.9 Å². The summed E-state index contributed by atoms with van der Waals surface area (Å²) in [6, 6.07) is 0. The molecule has 19 heavy (non-hydrogen) atoms. The Morgan fingerprint density at radius 3 is 2.89 bits per heavy atom. The van der Waals surface area contributed by atoms with Gasteiger partial charge in [-0.05, 0) is 6.92 Å². The minimum atomic E-state index is 0.000279. The van der Waals surface area contributed by atoms with Crippen LogP contribution in [0.25, 0.3) is 0 Å². The second kappa shape index (κ2) is 6.16. The summed E-state index contributed by atoms with van der Waals surface area (Å²) in [7, 11) is 3.21. The lowest BCUT2D eigenvalue weighted by Crippen LogP contribution is -2.41. The van der Waals surface area contributed by atoms with E-state index >= 15 is 0 Å². The van der Waals surface area contributed by atoms with Crippen LogP contribution in [-0.4, -0.2) is 54.6 Å². The molecule has 0 saturated carbocycles. The number of aryl methyl sites for hydroxylation is 1. The summed E-state index contributed by atoms with van der Waals surface area (Å²) >= 11 is 0. The van der Waals surface area contributed by atoms with E-state index in [2.05, 4.69) is 18.2 Å². The Kier molecular flexibility index (Phi) is 4.55. The Hall–Kier alpha value is -1.40. The predicted molar refractivity (Wildman–Crippen MR) is 69.8 cm³/mol. The Morgan fingerprint density at radius 2 is 2.26 bits per heavy atom. The third-order valence-corrected chi connectivity index (χ3v) is 3.40. The smallest absolute Gasteiger partial charge is 0.248 e. The van der Waals surface area contributed by atoms with E-state index in [0.29, 0.717) is 19.7 Å². The molecule has 0 aliphatic carbocycles. The fourth-order valence-electron chi connectivity index (χ4n) is 2.46. The number of carbonyl (C=O) groups is 1. The van der Waals surface area contributed by atoms with Crippen LogP contribution in [0.3, 0.4) is 0 Å². The highest BCUT2D eigenvalue weighted by Gasteiger charge is 2.30. The van der Waals surface area contributed by atoms with Gasteiger partial charge in [0.25, 0.3) is 0 Å². The largest absolute Gasteiger partial charge is 0.384 e. The Balaban J connectivity index is 2.21. The molecule has 1 aliphatic heterocycles. The molecule has 1 aromatic heterocycles. The third kappa shape index (κ3) is 2.96. The quantitative estimate of drug-likeness (QED) is 0.785. The van der Waals surface area contributed by atoms with Crippen LogP contribution in [0.4, 0.5) is 0 Å². The molecule has 1 amide bonds. The topological polar surface area (TPSA) is 56.6 Å². The lowest BCUT2D eigenvalue weighted by Gasteiger charge is -2.31. The average molecular weight is 267 g/mol. The average Bonchev–Trinajstić information content (AvgIpc) is 2.82. The molecule has 2 rings (SSSR count). The maximum Gasteiger partial charge on any atom is 0.248 e. The van der Waals surface area contributed by atoms with Gasteiger partial charge in [-0.1, -0.05) is 0 Å². The van der Waals surface area contributed by atoms with Crippen molar-refractivity contribution in [3.8, 4) is 0 Å². The first-order valence-electron chi connectivity index (χ1n) is 6.51. The van der Waals surface area contributed by atoms with Gasteiger partial charge in [0.15, 0.2) is 0 Å². The molecule has 0 spiro atoms. The predicted octanol–water partition coefficient (Wildman–Crippen LogP) is 0.622. The first-order chi connectivity index (χ1) is 9.19. The van der Waals surface area contributed by atoms with E-state index in [1.165, 1.54) is 12.7 Å². The summed E-state index contributed by atoms with van der Waals surface area (Å²) in [4.78, 5) is 13.8. The van der Waals surface area contributed by atoms with Crippen molar-refractivity contribution >= 4 is 5.91 Å². The summed E-state index contributed by atoms with van der Waals surface area (Å²) < 4.78 is 12.1. The number of hydrogen-bond acceptors (Lipinski definition) is 4. The number of aromatic nitrogens is 2. The third-order valence-electron chi connectivity index (χ3n) is 3.40. The minimum Gasteiger partial charge on any atom is -0.384 e. The zero-order chi connectivity index (χ0) is 13.8. The van der Waals surface area contributed by atoms with E-state index in [-0.39, 0.29) is 18.4 Å². The van der Waals surface area contributed by atoms with Crippen molar-refractivity contribution in [2.24, 2.45) is 0 Å². The SMILES string of the molecule is CCn1cc2c(n1)CN(C(=O)COC)C[C@H]2COC. The molecule has 0 radical (unpaired) electrons. The van der Waals surface area contributed by atoms with Gasteiger partial charge in [-0.3, -0.25) is 9.48 Å². The van der Waals surface area contributed by atoms with Gasteiger partial charge in [0.05, 0.1) is 18.8 Å². The Labute approximate surface area is 113 Å². The van der Waals surface area contributed by atoms with E-state index in [0.717, 1.165) is 12.2 Å². The van der Waals surface area contributed by atoms with Crippen LogP contribution in [-0.2, 0) is 27.4 Å². The molecule has 2 heterocycles. The van der Waals surface area contributed by atoms with E-state index in [1.54, 1.807) is 12.0 Å². The van der Waals surface area contributed by atoms with Crippen LogP contribution in [0.1, 0.15) is 24.1 Å². The van der Waals surface area contributed by atoms with Crippen LogP contribution < -0.4 is 0 Å². The maximum absolute atomic E-state index is 12.0. The molecule has 6 nitrogen and oxygen atoms in total. The monoisotopic (exact) mass is 267 g/mol. The molecular weight excluding hydrogens is 246 g/mol. The van der Waals surface area contributed by atoms with Gasteiger partial charge in [-0.25, -0.2) is 0 Å². The highest BCUT2D eigenvalue weighted by atomic mass is 16.5. The van der Waals surface area contributed by atoms with Crippen molar-refractivity contribution in [2.75, 3.05) is 34.0 Å². The minimum absolute atomic E-state index is 0.000279. The van der Waals surface area contributed by atoms with Crippen LogP contribution in [0.15, 0.2) is 6.20 Å². The van der Waals surface area contributed by atoms with Gasteiger partial charge >= 0.3 is 0 Å². The number of carbonyl (C=O) groups excluding carboxylic acids is 1. The lowest BCUT2D eigenvalue weighted by molar-refractivity contribution is -0.136.